The number of nitro groups is 1. The van der Waals surface area contributed by atoms with E-state index in [9.17, 15) is 14.9 Å². The summed E-state index contributed by atoms with van der Waals surface area (Å²) in [6.07, 6.45) is 1.33. The first kappa shape index (κ1) is 13.2. The first-order valence-corrected chi connectivity index (χ1v) is 6.13. The molecular formula is C10H7ClN4O3S. The molecule has 1 aromatic carbocycles. The highest BCUT2D eigenvalue weighted by molar-refractivity contribution is 7.17. The summed E-state index contributed by atoms with van der Waals surface area (Å²) in [5.41, 5.74) is 5.41. The highest BCUT2D eigenvalue weighted by Gasteiger charge is 2.15. The van der Waals surface area contributed by atoms with Crippen molar-refractivity contribution in [3.05, 3.63) is 44.4 Å². The summed E-state index contributed by atoms with van der Waals surface area (Å²) < 4.78 is 0. The minimum Gasteiger partial charge on any atom is -0.375 e. The maximum Gasteiger partial charge on any atom is 0.289 e. The van der Waals surface area contributed by atoms with E-state index in [1.165, 1.54) is 24.4 Å². The van der Waals surface area contributed by atoms with Crippen molar-refractivity contribution in [2.45, 2.75) is 0 Å². The Balaban J connectivity index is 2.22. The Morgan fingerprint density at radius 2 is 2.26 bits per heavy atom. The Labute approximate surface area is 116 Å². The number of carbonyl (C=O) groups excluding carboxylic acids is 1. The number of hydrogen-bond donors (Lipinski definition) is 2. The Morgan fingerprint density at radius 3 is 2.84 bits per heavy atom. The maximum atomic E-state index is 11.8. The standard InChI is InChI=1S/C10H7ClN4O3S/c11-6-2-1-5(3-7(6)15(17)18)14-9(16)8-4-13-10(12)19-8/h1-4H,(H2,12,13)(H,14,16). The molecule has 1 aromatic heterocycles. The van der Waals surface area contributed by atoms with Crippen LogP contribution in [0.5, 0.6) is 0 Å². The fraction of sp³-hybridized carbons (Fsp3) is 0. The number of benzene rings is 1. The number of anilines is 2. The zero-order valence-electron chi connectivity index (χ0n) is 9.29. The highest BCUT2D eigenvalue weighted by Crippen LogP contribution is 2.27. The second-order valence-electron chi connectivity index (χ2n) is 3.44. The fourth-order valence-corrected chi connectivity index (χ4v) is 2.08. The van der Waals surface area contributed by atoms with Crippen LogP contribution in [-0.2, 0) is 0 Å². The maximum absolute atomic E-state index is 11.8. The molecule has 19 heavy (non-hydrogen) atoms. The SMILES string of the molecule is Nc1ncc(C(=O)Nc2ccc(Cl)c([N+](=O)[O-])c2)s1. The second-order valence-corrected chi connectivity index (χ2v) is 4.91. The molecule has 98 valence electrons. The second kappa shape index (κ2) is 5.21. The van der Waals surface area contributed by atoms with E-state index in [1.807, 2.05) is 0 Å². The van der Waals surface area contributed by atoms with E-state index in [-0.39, 0.29) is 21.5 Å². The lowest BCUT2D eigenvalue weighted by atomic mass is 10.2. The largest absolute Gasteiger partial charge is 0.375 e. The van der Waals surface area contributed by atoms with Crippen molar-refractivity contribution in [1.82, 2.24) is 4.98 Å². The molecule has 9 heteroatoms. The smallest absolute Gasteiger partial charge is 0.289 e. The van der Waals surface area contributed by atoms with E-state index in [1.54, 1.807) is 0 Å². The molecule has 0 saturated carbocycles. The van der Waals surface area contributed by atoms with E-state index in [0.717, 1.165) is 11.3 Å². The van der Waals surface area contributed by atoms with Crippen molar-refractivity contribution in [3.8, 4) is 0 Å². The fourth-order valence-electron chi connectivity index (χ4n) is 1.32. The first-order chi connectivity index (χ1) is 8.97. The quantitative estimate of drug-likeness (QED) is 0.668. The van der Waals surface area contributed by atoms with E-state index < -0.39 is 10.8 Å². The summed E-state index contributed by atoms with van der Waals surface area (Å²) in [7, 11) is 0. The lowest BCUT2D eigenvalue weighted by molar-refractivity contribution is -0.384. The van der Waals surface area contributed by atoms with Crippen molar-refractivity contribution < 1.29 is 9.72 Å². The van der Waals surface area contributed by atoms with Crippen LogP contribution in [0.2, 0.25) is 5.02 Å². The molecule has 0 fully saturated rings. The molecule has 0 saturated heterocycles. The van der Waals surface area contributed by atoms with Crippen molar-refractivity contribution in [1.29, 1.82) is 0 Å². The van der Waals surface area contributed by atoms with Crippen LogP contribution < -0.4 is 11.1 Å². The summed E-state index contributed by atoms with van der Waals surface area (Å²) in [5.74, 6) is -0.439. The number of aromatic nitrogens is 1. The molecule has 7 nitrogen and oxygen atoms in total. The topological polar surface area (TPSA) is 111 Å². The van der Waals surface area contributed by atoms with Gasteiger partial charge >= 0.3 is 0 Å². The lowest BCUT2D eigenvalue weighted by Gasteiger charge is -2.03. The molecule has 1 heterocycles. The van der Waals surface area contributed by atoms with Gasteiger partial charge in [-0.25, -0.2) is 4.98 Å². The normalized spacial score (nSPS) is 10.2. The Bertz CT molecular complexity index is 658. The van der Waals surface area contributed by atoms with Crippen molar-refractivity contribution in [2.75, 3.05) is 11.1 Å². The minimum atomic E-state index is -0.622. The van der Waals surface area contributed by atoms with Gasteiger partial charge in [-0.3, -0.25) is 14.9 Å². The molecule has 0 atom stereocenters. The average molecular weight is 299 g/mol. The molecular weight excluding hydrogens is 292 g/mol. The van der Waals surface area contributed by atoms with Crippen LogP contribution in [0.15, 0.2) is 24.4 Å². The summed E-state index contributed by atoms with van der Waals surface area (Å²) in [6, 6.07) is 4.00. The van der Waals surface area contributed by atoms with E-state index >= 15 is 0 Å². The predicted octanol–water partition coefficient (Wildman–Crippen LogP) is 2.54. The van der Waals surface area contributed by atoms with Crippen molar-refractivity contribution >= 4 is 45.4 Å². The molecule has 0 bridgehead atoms. The van der Waals surface area contributed by atoms with Gasteiger partial charge in [-0.1, -0.05) is 22.9 Å². The molecule has 0 radical (unpaired) electrons. The van der Waals surface area contributed by atoms with Gasteiger partial charge in [-0.15, -0.1) is 0 Å². The average Bonchev–Trinajstić information content (AvgIpc) is 2.78. The number of nitro benzene ring substituents is 1. The predicted molar refractivity (Wildman–Crippen MR) is 72.6 cm³/mol. The van der Waals surface area contributed by atoms with Gasteiger partial charge in [-0.05, 0) is 12.1 Å². The van der Waals surface area contributed by atoms with Gasteiger partial charge in [0.05, 0.1) is 11.1 Å². The number of carbonyl (C=O) groups is 1. The van der Waals surface area contributed by atoms with Gasteiger partial charge in [0.2, 0.25) is 0 Å². The summed E-state index contributed by atoms with van der Waals surface area (Å²) in [5, 5.41) is 13.5. The Morgan fingerprint density at radius 1 is 1.53 bits per heavy atom. The van der Waals surface area contributed by atoms with Crippen molar-refractivity contribution in [3.63, 3.8) is 0 Å². The lowest BCUT2D eigenvalue weighted by Crippen LogP contribution is -2.10. The molecule has 0 aliphatic rings. The number of thiazole rings is 1. The number of hydrogen-bond acceptors (Lipinski definition) is 6. The summed E-state index contributed by atoms with van der Waals surface area (Å²) in [6.45, 7) is 0. The van der Waals surface area contributed by atoms with Gasteiger partial charge in [0.15, 0.2) is 5.13 Å². The third-order valence-electron chi connectivity index (χ3n) is 2.15. The molecule has 0 aliphatic heterocycles. The molecule has 3 N–H and O–H groups in total. The van der Waals surface area contributed by atoms with Crippen LogP contribution in [0.3, 0.4) is 0 Å². The summed E-state index contributed by atoms with van der Waals surface area (Å²) >= 11 is 6.69. The van der Waals surface area contributed by atoms with Crippen LogP contribution in [0, 0.1) is 10.1 Å². The monoisotopic (exact) mass is 298 g/mol. The van der Waals surface area contributed by atoms with E-state index in [0.29, 0.717) is 4.88 Å². The minimum absolute atomic E-state index is 0.00466. The first-order valence-electron chi connectivity index (χ1n) is 4.94. The van der Waals surface area contributed by atoms with Crippen LogP contribution >= 0.6 is 22.9 Å². The number of nitrogens with two attached hydrogens (primary N) is 1. The Kier molecular flexibility index (Phi) is 3.63. The molecule has 2 rings (SSSR count). The van der Waals surface area contributed by atoms with Crippen LogP contribution in [0.1, 0.15) is 9.67 Å². The zero-order valence-corrected chi connectivity index (χ0v) is 10.9. The number of nitrogens with one attached hydrogen (secondary N) is 1. The third-order valence-corrected chi connectivity index (χ3v) is 3.29. The van der Waals surface area contributed by atoms with E-state index in [2.05, 4.69) is 10.3 Å². The number of nitrogen functional groups attached to an aromatic ring is 1. The highest BCUT2D eigenvalue weighted by atomic mass is 35.5. The van der Waals surface area contributed by atoms with Crippen LogP contribution in [-0.4, -0.2) is 15.8 Å². The molecule has 0 spiro atoms. The van der Waals surface area contributed by atoms with Gasteiger partial charge in [0.25, 0.3) is 11.6 Å². The Hall–Kier alpha value is -2.19. The molecule has 0 aliphatic carbocycles. The molecule has 2 aromatic rings. The number of halogens is 1. The number of amides is 1. The van der Waals surface area contributed by atoms with Gasteiger partial charge in [0, 0.05) is 11.8 Å². The zero-order chi connectivity index (χ0) is 14.0. The van der Waals surface area contributed by atoms with Crippen LogP contribution in [0.4, 0.5) is 16.5 Å². The van der Waals surface area contributed by atoms with Crippen LogP contribution in [0.25, 0.3) is 0 Å². The summed E-state index contributed by atoms with van der Waals surface area (Å²) in [4.78, 5) is 25.9. The van der Waals surface area contributed by atoms with Crippen molar-refractivity contribution in [2.24, 2.45) is 0 Å². The van der Waals surface area contributed by atoms with Gasteiger partial charge < -0.3 is 11.1 Å². The number of rotatable bonds is 3. The van der Waals surface area contributed by atoms with Gasteiger partial charge in [-0.2, -0.15) is 0 Å². The third kappa shape index (κ3) is 2.98. The molecule has 1 amide bonds. The van der Waals surface area contributed by atoms with Gasteiger partial charge in [0.1, 0.15) is 9.90 Å². The molecule has 0 unspecified atom stereocenters. The van der Waals surface area contributed by atoms with E-state index in [4.69, 9.17) is 17.3 Å². The number of nitrogens with zero attached hydrogens (tertiary/aromatic N) is 2.